The van der Waals surface area contributed by atoms with E-state index in [1.165, 1.54) is 18.9 Å². The summed E-state index contributed by atoms with van der Waals surface area (Å²) in [5.41, 5.74) is 6.40. The van der Waals surface area contributed by atoms with Gasteiger partial charge in [-0.05, 0) is 25.4 Å². The largest absolute Gasteiger partial charge is 0.413 e. The van der Waals surface area contributed by atoms with E-state index in [-0.39, 0.29) is 5.29 Å². The van der Waals surface area contributed by atoms with Crippen molar-refractivity contribution in [3.05, 3.63) is 0 Å². The molecule has 1 heterocycles. The van der Waals surface area contributed by atoms with Crippen LogP contribution in [-0.2, 0) is 4.43 Å². The third-order valence-electron chi connectivity index (χ3n) is 2.71. The first-order valence-electron chi connectivity index (χ1n) is 5.76. The summed E-state index contributed by atoms with van der Waals surface area (Å²) in [6, 6.07) is 1.20. The van der Waals surface area contributed by atoms with Crippen molar-refractivity contribution >= 4 is 9.04 Å². The van der Waals surface area contributed by atoms with Gasteiger partial charge in [-0.15, -0.1) is 0 Å². The van der Waals surface area contributed by atoms with Crippen molar-refractivity contribution in [3.8, 4) is 0 Å². The normalized spacial score (nSPS) is 23.4. The highest BCUT2D eigenvalue weighted by Gasteiger charge is 2.38. The van der Waals surface area contributed by atoms with Crippen molar-refractivity contribution < 1.29 is 4.43 Å². The van der Waals surface area contributed by atoms with Crippen LogP contribution in [0, 0.1) is 0 Å². The van der Waals surface area contributed by atoms with Crippen molar-refractivity contribution in [2.24, 2.45) is 5.73 Å². The fraction of sp³-hybridized carbons (Fsp3) is 1.00. The first-order valence-corrected chi connectivity index (χ1v) is 7.37. The maximum atomic E-state index is 6.40. The lowest BCUT2D eigenvalue weighted by atomic mass is 10.3. The second-order valence-electron chi connectivity index (χ2n) is 3.98. The van der Waals surface area contributed by atoms with Gasteiger partial charge in [-0.25, -0.2) is 0 Å². The Kier molecular flexibility index (Phi) is 5.09. The molecule has 1 aliphatic rings. The summed E-state index contributed by atoms with van der Waals surface area (Å²) in [5, 5.41) is 3.23. The van der Waals surface area contributed by atoms with Crippen LogP contribution >= 0.6 is 0 Å². The van der Waals surface area contributed by atoms with Crippen molar-refractivity contribution in [1.29, 1.82) is 0 Å². The molecular formula is C10H23N2OSi. The van der Waals surface area contributed by atoms with Crippen molar-refractivity contribution in [2.45, 2.75) is 50.9 Å². The lowest BCUT2D eigenvalue weighted by Crippen LogP contribution is -2.65. The van der Waals surface area contributed by atoms with E-state index in [9.17, 15) is 0 Å². The van der Waals surface area contributed by atoms with Gasteiger partial charge in [0.05, 0.1) is 5.29 Å². The molecule has 4 heteroatoms. The molecule has 0 aromatic heterocycles. The highest BCUT2D eigenvalue weighted by atomic mass is 28.3. The summed E-state index contributed by atoms with van der Waals surface area (Å²) in [7, 11) is -0.844. The monoisotopic (exact) mass is 215 g/mol. The Morgan fingerprint density at radius 3 is 2.71 bits per heavy atom. The van der Waals surface area contributed by atoms with Crippen LogP contribution in [0.4, 0.5) is 0 Å². The minimum atomic E-state index is -0.844. The third kappa shape index (κ3) is 3.05. The molecule has 1 saturated heterocycles. The molecule has 14 heavy (non-hydrogen) atoms. The molecule has 1 radical (unpaired) electrons. The Bertz CT molecular complexity index is 154. The summed E-state index contributed by atoms with van der Waals surface area (Å²) in [6.45, 7) is 6.16. The molecule has 83 valence electrons. The molecular weight excluding hydrogens is 192 g/mol. The predicted molar refractivity (Wildman–Crippen MR) is 61.3 cm³/mol. The van der Waals surface area contributed by atoms with E-state index >= 15 is 0 Å². The summed E-state index contributed by atoms with van der Waals surface area (Å²) >= 11 is 0. The van der Waals surface area contributed by atoms with Gasteiger partial charge in [0.1, 0.15) is 0 Å². The molecule has 1 aliphatic heterocycles. The molecule has 0 bridgehead atoms. The molecule has 0 aromatic rings. The maximum absolute atomic E-state index is 6.40. The average Bonchev–Trinajstić information content (AvgIpc) is 2.20. The number of nitrogens with one attached hydrogen (secondary N) is 1. The van der Waals surface area contributed by atoms with Crippen LogP contribution in [-0.4, -0.2) is 27.5 Å². The molecule has 0 aliphatic carbocycles. The van der Waals surface area contributed by atoms with Gasteiger partial charge in [-0.2, -0.15) is 0 Å². The molecule has 1 unspecified atom stereocenters. The van der Waals surface area contributed by atoms with Crippen LogP contribution in [0.15, 0.2) is 0 Å². The number of hydrogen-bond donors (Lipinski definition) is 2. The van der Waals surface area contributed by atoms with Crippen LogP contribution in [0.3, 0.4) is 0 Å². The number of nitrogens with two attached hydrogens (primary N) is 1. The molecule has 0 amide bonds. The molecule has 1 fully saturated rings. The van der Waals surface area contributed by atoms with E-state index in [4.69, 9.17) is 10.2 Å². The van der Waals surface area contributed by atoms with E-state index in [0.717, 1.165) is 26.0 Å². The Hall–Kier alpha value is 0.0969. The van der Waals surface area contributed by atoms with Gasteiger partial charge in [0, 0.05) is 6.61 Å². The van der Waals surface area contributed by atoms with Gasteiger partial charge in [-0.1, -0.05) is 26.7 Å². The van der Waals surface area contributed by atoms with E-state index in [1.807, 2.05) is 0 Å². The highest BCUT2D eigenvalue weighted by Crippen LogP contribution is 2.21. The van der Waals surface area contributed by atoms with Crippen molar-refractivity contribution in [2.75, 3.05) is 13.2 Å². The number of hydrogen-bond acceptors (Lipinski definition) is 3. The Morgan fingerprint density at radius 1 is 1.43 bits per heavy atom. The zero-order chi connectivity index (χ0) is 10.4. The van der Waals surface area contributed by atoms with Gasteiger partial charge >= 0.3 is 0 Å². The second-order valence-corrected chi connectivity index (χ2v) is 6.51. The van der Waals surface area contributed by atoms with Crippen LogP contribution < -0.4 is 11.1 Å². The minimum Gasteiger partial charge on any atom is -0.413 e. The summed E-state index contributed by atoms with van der Waals surface area (Å²) < 4.78 is 5.86. The zero-order valence-corrected chi connectivity index (χ0v) is 10.4. The molecule has 3 N–H and O–H groups in total. The topological polar surface area (TPSA) is 47.3 Å². The summed E-state index contributed by atoms with van der Waals surface area (Å²) in [6.07, 6.45) is 4.67. The first-order chi connectivity index (χ1) is 6.73. The van der Waals surface area contributed by atoms with E-state index in [0.29, 0.717) is 0 Å². The Labute approximate surface area is 89.1 Å². The fourth-order valence-electron chi connectivity index (χ4n) is 2.04. The molecule has 0 aromatic carbocycles. The van der Waals surface area contributed by atoms with Crippen molar-refractivity contribution in [1.82, 2.24) is 5.32 Å². The minimum absolute atomic E-state index is 0.200. The van der Waals surface area contributed by atoms with Gasteiger partial charge in [0.2, 0.25) is 9.04 Å². The molecule has 0 spiro atoms. The van der Waals surface area contributed by atoms with Crippen LogP contribution in [0.2, 0.25) is 6.04 Å². The third-order valence-corrected chi connectivity index (χ3v) is 5.49. The van der Waals surface area contributed by atoms with E-state index < -0.39 is 9.04 Å². The smallest absolute Gasteiger partial charge is 0.248 e. The standard InChI is InChI=1S/C10H23N2OSi/c1-3-7-10(11,12-4-2)14-9-6-5-8-13-14/h12H,3-9,11H2,1-2H3. The van der Waals surface area contributed by atoms with Gasteiger partial charge in [0.15, 0.2) is 0 Å². The molecule has 3 nitrogen and oxygen atoms in total. The first kappa shape index (κ1) is 12.2. The van der Waals surface area contributed by atoms with Gasteiger partial charge < -0.3 is 15.5 Å². The van der Waals surface area contributed by atoms with Gasteiger partial charge in [-0.3, -0.25) is 0 Å². The quantitative estimate of drug-likeness (QED) is 0.538. The second kappa shape index (κ2) is 5.85. The molecule has 0 saturated carbocycles. The van der Waals surface area contributed by atoms with Crippen LogP contribution in [0.1, 0.15) is 39.5 Å². The number of rotatable bonds is 5. The predicted octanol–water partition coefficient (Wildman–Crippen LogP) is 1.39. The van der Waals surface area contributed by atoms with E-state index in [2.05, 4.69) is 19.2 Å². The van der Waals surface area contributed by atoms with Crippen LogP contribution in [0.25, 0.3) is 0 Å². The zero-order valence-electron chi connectivity index (χ0n) is 9.44. The summed E-state index contributed by atoms with van der Waals surface area (Å²) in [5.74, 6) is 0. The van der Waals surface area contributed by atoms with E-state index in [1.54, 1.807) is 0 Å². The Morgan fingerprint density at radius 2 is 2.21 bits per heavy atom. The van der Waals surface area contributed by atoms with Gasteiger partial charge in [0.25, 0.3) is 0 Å². The lowest BCUT2D eigenvalue weighted by Gasteiger charge is -2.38. The Balaban J connectivity index is 2.54. The average molecular weight is 215 g/mol. The maximum Gasteiger partial charge on any atom is 0.248 e. The SMILES string of the molecule is CCCC(N)(NCC)[Si]1CCCCO1. The van der Waals surface area contributed by atoms with Crippen LogP contribution in [0.5, 0.6) is 0 Å². The summed E-state index contributed by atoms with van der Waals surface area (Å²) in [4.78, 5) is 0. The fourth-order valence-corrected chi connectivity index (χ4v) is 4.76. The molecule has 1 atom stereocenters. The lowest BCUT2D eigenvalue weighted by molar-refractivity contribution is 0.247. The molecule has 1 rings (SSSR count). The van der Waals surface area contributed by atoms with Crippen molar-refractivity contribution in [3.63, 3.8) is 0 Å². The highest BCUT2D eigenvalue weighted by molar-refractivity contribution is 6.55.